The van der Waals surface area contributed by atoms with Gasteiger partial charge in [-0.15, -0.1) is 0 Å². The molecule has 1 aliphatic rings. The first kappa shape index (κ1) is 18.4. The topological polar surface area (TPSA) is 83.1 Å². The first-order chi connectivity index (χ1) is 12.5. The molecule has 140 valence electrons. The number of hydrogen-bond acceptors (Lipinski definition) is 5. The molecule has 1 fully saturated rings. The fourth-order valence-corrected chi connectivity index (χ4v) is 3.04. The number of ether oxygens (including phenoxy) is 1. The molecule has 26 heavy (non-hydrogen) atoms. The Kier molecular flexibility index (Phi) is 5.56. The quantitative estimate of drug-likeness (QED) is 0.796. The van der Waals surface area contributed by atoms with E-state index in [0.717, 1.165) is 37.3 Å². The molecule has 2 aromatic heterocycles. The van der Waals surface area contributed by atoms with Crippen LogP contribution in [0.3, 0.4) is 0 Å². The number of H-pyrrole nitrogens is 1. The summed E-state index contributed by atoms with van der Waals surface area (Å²) in [5.41, 5.74) is 1.24. The summed E-state index contributed by atoms with van der Waals surface area (Å²) >= 11 is 0. The maximum Gasteiger partial charge on any atom is 0.231 e. The number of nitrogens with one attached hydrogen (secondary N) is 2. The molecular formula is C19H27N5O2. The second kappa shape index (κ2) is 7.86. The van der Waals surface area contributed by atoms with Gasteiger partial charge in [0.25, 0.3) is 0 Å². The molecule has 7 nitrogen and oxygen atoms in total. The van der Waals surface area contributed by atoms with Crippen LogP contribution in [0.15, 0.2) is 24.4 Å². The SMILES string of the molecule is COc1ccc(-c2cc(NC(=O)C(C)(C)CCN3CCCC3)n[nH]2)cn1. The van der Waals surface area contributed by atoms with Crippen molar-refractivity contribution in [3.05, 3.63) is 24.4 Å². The molecule has 0 bridgehead atoms. The lowest BCUT2D eigenvalue weighted by molar-refractivity contribution is -0.124. The van der Waals surface area contributed by atoms with Gasteiger partial charge in [0.15, 0.2) is 5.82 Å². The summed E-state index contributed by atoms with van der Waals surface area (Å²) in [6.45, 7) is 7.23. The van der Waals surface area contributed by atoms with E-state index < -0.39 is 5.41 Å². The van der Waals surface area contributed by atoms with Crippen molar-refractivity contribution in [1.82, 2.24) is 20.1 Å². The first-order valence-electron chi connectivity index (χ1n) is 9.07. The van der Waals surface area contributed by atoms with E-state index in [0.29, 0.717) is 11.7 Å². The molecule has 3 heterocycles. The van der Waals surface area contributed by atoms with Gasteiger partial charge in [-0.3, -0.25) is 9.89 Å². The lowest BCUT2D eigenvalue weighted by atomic mass is 9.88. The van der Waals surface area contributed by atoms with Crippen molar-refractivity contribution in [3.63, 3.8) is 0 Å². The van der Waals surface area contributed by atoms with Gasteiger partial charge in [-0.2, -0.15) is 5.10 Å². The Labute approximate surface area is 154 Å². The van der Waals surface area contributed by atoms with Gasteiger partial charge in [0.2, 0.25) is 11.8 Å². The van der Waals surface area contributed by atoms with E-state index in [1.54, 1.807) is 19.4 Å². The van der Waals surface area contributed by atoms with Crippen molar-refractivity contribution in [2.24, 2.45) is 5.41 Å². The molecule has 0 saturated carbocycles. The Bertz CT molecular complexity index is 733. The zero-order valence-corrected chi connectivity index (χ0v) is 15.7. The lowest BCUT2D eigenvalue weighted by Gasteiger charge is -2.25. The minimum absolute atomic E-state index is 0.0115. The fraction of sp³-hybridized carbons (Fsp3) is 0.526. The summed E-state index contributed by atoms with van der Waals surface area (Å²) in [6, 6.07) is 5.50. The summed E-state index contributed by atoms with van der Waals surface area (Å²) in [4.78, 5) is 19.3. The molecule has 0 aliphatic carbocycles. The third-order valence-corrected chi connectivity index (χ3v) is 4.94. The Hall–Kier alpha value is -2.41. The number of carbonyl (C=O) groups is 1. The molecule has 1 aliphatic heterocycles. The standard InChI is InChI=1S/C19H27N5O2/c1-19(2,8-11-24-9-4-5-10-24)18(25)21-16-12-15(22-23-16)14-6-7-17(26-3)20-13-14/h6-7,12-13H,4-5,8-11H2,1-3H3,(H2,21,22,23,25). The van der Waals surface area contributed by atoms with Crippen molar-refractivity contribution in [1.29, 1.82) is 0 Å². The highest BCUT2D eigenvalue weighted by molar-refractivity contribution is 5.94. The number of nitrogens with zero attached hydrogens (tertiary/aromatic N) is 3. The van der Waals surface area contributed by atoms with E-state index in [2.05, 4.69) is 25.4 Å². The number of likely N-dealkylation sites (tertiary alicyclic amines) is 1. The van der Waals surface area contributed by atoms with Crippen LogP contribution < -0.4 is 10.1 Å². The first-order valence-corrected chi connectivity index (χ1v) is 9.07. The van der Waals surface area contributed by atoms with Crippen LogP contribution in [-0.4, -0.2) is 52.7 Å². The molecule has 1 saturated heterocycles. The number of anilines is 1. The number of hydrogen-bond donors (Lipinski definition) is 2. The fourth-order valence-electron chi connectivity index (χ4n) is 3.04. The highest BCUT2D eigenvalue weighted by Crippen LogP contribution is 2.25. The van der Waals surface area contributed by atoms with Gasteiger partial charge >= 0.3 is 0 Å². The van der Waals surface area contributed by atoms with Gasteiger partial charge in [0, 0.05) is 29.3 Å². The van der Waals surface area contributed by atoms with E-state index in [4.69, 9.17) is 4.74 Å². The minimum Gasteiger partial charge on any atom is -0.481 e. The van der Waals surface area contributed by atoms with Crippen LogP contribution in [0.2, 0.25) is 0 Å². The Morgan fingerprint density at radius 3 is 2.77 bits per heavy atom. The molecule has 1 amide bonds. The van der Waals surface area contributed by atoms with Crippen LogP contribution in [0.25, 0.3) is 11.3 Å². The average Bonchev–Trinajstić information content (AvgIpc) is 3.32. The van der Waals surface area contributed by atoms with Crippen molar-refractivity contribution >= 4 is 11.7 Å². The molecule has 2 N–H and O–H groups in total. The molecule has 0 atom stereocenters. The normalized spacial score (nSPS) is 15.2. The summed E-state index contributed by atoms with van der Waals surface area (Å²) < 4.78 is 5.06. The molecular weight excluding hydrogens is 330 g/mol. The predicted octanol–water partition coefficient (Wildman–Crippen LogP) is 2.93. The van der Waals surface area contributed by atoms with Gasteiger partial charge in [0.05, 0.1) is 12.8 Å². The summed E-state index contributed by atoms with van der Waals surface area (Å²) in [7, 11) is 1.58. The van der Waals surface area contributed by atoms with Gasteiger partial charge in [-0.25, -0.2) is 4.98 Å². The third kappa shape index (κ3) is 4.40. The largest absolute Gasteiger partial charge is 0.481 e. The number of methoxy groups -OCH3 is 1. The summed E-state index contributed by atoms with van der Waals surface area (Å²) in [5.74, 6) is 1.07. The average molecular weight is 357 g/mol. The van der Waals surface area contributed by atoms with Crippen molar-refractivity contribution in [3.8, 4) is 17.1 Å². The highest BCUT2D eigenvalue weighted by atomic mass is 16.5. The van der Waals surface area contributed by atoms with Crippen LogP contribution in [-0.2, 0) is 4.79 Å². The van der Waals surface area contributed by atoms with Crippen LogP contribution in [0.5, 0.6) is 5.88 Å². The maximum absolute atomic E-state index is 12.7. The van der Waals surface area contributed by atoms with Crippen LogP contribution >= 0.6 is 0 Å². The van der Waals surface area contributed by atoms with Gasteiger partial charge in [0.1, 0.15) is 0 Å². The van der Waals surface area contributed by atoms with Gasteiger partial charge in [-0.05, 0) is 45.0 Å². The van der Waals surface area contributed by atoms with Crippen LogP contribution in [0.4, 0.5) is 5.82 Å². The van der Waals surface area contributed by atoms with E-state index >= 15 is 0 Å². The highest BCUT2D eigenvalue weighted by Gasteiger charge is 2.29. The Morgan fingerprint density at radius 2 is 2.12 bits per heavy atom. The van der Waals surface area contributed by atoms with E-state index in [-0.39, 0.29) is 5.91 Å². The number of carbonyl (C=O) groups excluding carboxylic acids is 1. The van der Waals surface area contributed by atoms with Crippen LogP contribution in [0.1, 0.15) is 33.1 Å². The number of amides is 1. The van der Waals surface area contributed by atoms with Crippen molar-refractivity contribution in [2.45, 2.75) is 33.1 Å². The molecule has 2 aromatic rings. The molecule has 7 heteroatoms. The summed E-state index contributed by atoms with van der Waals surface area (Å²) in [6.07, 6.45) is 5.07. The summed E-state index contributed by atoms with van der Waals surface area (Å²) in [5, 5.41) is 10.1. The van der Waals surface area contributed by atoms with Crippen molar-refractivity contribution in [2.75, 3.05) is 32.1 Å². The van der Waals surface area contributed by atoms with Crippen LogP contribution in [0, 0.1) is 5.41 Å². The smallest absolute Gasteiger partial charge is 0.231 e. The lowest BCUT2D eigenvalue weighted by Crippen LogP contribution is -2.34. The Morgan fingerprint density at radius 1 is 1.35 bits per heavy atom. The van der Waals surface area contributed by atoms with Gasteiger partial charge < -0.3 is 15.0 Å². The Balaban J connectivity index is 1.59. The second-order valence-electron chi connectivity index (χ2n) is 7.39. The molecule has 0 spiro atoms. The van der Waals surface area contributed by atoms with E-state index in [1.807, 2.05) is 26.0 Å². The number of rotatable bonds is 7. The molecule has 0 aromatic carbocycles. The number of pyridine rings is 1. The zero-order valence-electron chi connectivity index (χ0n) is 15.7. The van der Waals surface area contributed by atoms with Crippen molar-refractivity contribution < 1.29 is 9.53 Å². The van der Waals surface area contributed by atoms with Gasteiger partial charge in [-0.1, -0.05) is 13.8 Å². The maximum atomic E-state index is 12.7. The third-order valence-electron chi connectivity index (χ3n) is 4.94. The predicted molar refractivity (Wildman–Crippen MR) is 101 cm³/mol. The molecule has 3 rings (SSSR count). The zero-order chi connectivity index (χ0) is 18.6. The number of aromatic nitrogens is 3. The molecule has 0 radical (unpaired) electrons. The monoisotopic (exact) mass is 357 g/mol. The number of aromatic amines is 1. The molecule has 0 unspecified atom stereocenters. The van der Waals surface area contributed by atoms with E-state index in [9.17, 15) is 4.79 Å². The van der Waals surface area contributed by atoms with E-state index in [1.165, 1.54) is 12.8 Å². The minimum atomic E-state index is -0.441. The second-order valence-corrected chi connectivity index (χ2v) is 7.39.